The lowest BCUT2D eigenvalue weighted by Gasteiger charge is -2.44. The van der Waals surface area contributed by atoms with Gasteiger partial charge in [-0.15, -0.1) is 0 Å². The SMILES string of the molecule is CC1CC(C(=O)N2CCN(Cc3ccccn3)[C@@H]3CS(=O)(=O)C[C@@H]32)NN1. The number of fused-ring (bicyclic) bond motifs is 1. The van der Waals surface area contributed by atoms with Crippen LogP contribution in [0.1, 0.15) is 19.0 Å². The van der Waals surface area contributed by atoms with E-state index < -0.39 is 9.84 Å². The van der Waals surface area contributed by atoms with E-state index in [-0.39, 0.29) is 41.6 Å². The van der Waals surface area contributed by atoms with Crippen molar-refractivity contribution in [1.82, 2.24) is 25.6 Å². The van der Waals surface area contributed by atoms with Gasteiger partial charge in [-0.05, 0) is 25.5 Å². The van der Waals surface area contributed by atoms with Crippen molar-refractivity contribution in [2.24, 2.45) is 0 Å². The van der Waals surface area contributed by atoms with Crippen LogP contribution in [0.5, 0.6) is 0 Å². The zero-order valence-electron chi connectivity index (χ0n) is 14.8. The number of pyridine rings is 1. The number of piperazine rings is 1. The molecular formula is C17H25N5O3S. The van der Waals surface area contributed by atoms with Crippen molar-refractivity contribution in [3.8, 4) is 0 Å². The first-order valence-electron chi connectivity index (χ1n) is 9.09. The summed E-state index contributed by atoms with van der Waals surface area (Å²) in [4.78, 5) is 21.3. The molecule has 9 heteroatoms. The Labute approximate surface area is 153 Å². The molecule has 8 nitrogen and oxygen atoms in total. The van der Waals surface area contributed by atoms with Gasteiger partial charge >= 0.3 is 0 Å². The lowest BCUT2D eigenvalue weighted by Crippen LogP contribution is -2.62. The normalized spacial score (nSPS) is 34.0. The Hall–Kier alpha value is -1.55. The molecule has 3 fully saturated rings. The number of hydrazine groups is 1. The standard InChI is InChI=1S/C17H25N5O3S/c1-12-8-14(20-19-12)17(23)22-7-6-21(9-13-4-2-3-5-18-13)15-10-26(24,25)11-16(15)22/h2-5,12,14-16,19-20H,6-11H2,1H3/t12?,14?,15-,16+/m1/s1. The van der Waals surface area contributed by atoms with Crippen molar-refractivity contribution < 1.29 is 13.2 Å². The minimum atomic E-state index is -3.15. The fourth-order valence-electron chi connectivity index (χ4n) is 4.27. The van der Waals surface area contributed by atoms with Crippen LogP contribution in [0.25, 0.3) is 0 Å². The smallest absolute Gasteiger partial charge is 0.241 e. The number of amides is 1. The number of hydrogen-bond donors (Lipinski definition) is 2. The van der Waals surface area contributed by atoms with E-state index in [2.05, 4.69) is 20.7 Å². The van der Waals surface area contributed by atoms with E-state index in [9.17, 15) is 13.2 Å². The molecule has 0 spiro atoms. The molecule has 4 heterocycles. The highest BCUT2D eigenvalue weighted by atomic mass is 32.2. The monoisotopic (exact) mass is 379 g/mol. The number of aromatic nitrogens is 1. The number of carbonyl (C=O) groups is 1. The number of hydrogen-bond acceptors (Lipinski definition) is 7. The molecule has 1 aromatic rings. The molecule has 4 rings (SSSR count). The van der Waals surface area contributed by atoms with Gasteiger partial charge in [0.25, 0.3) is 0 Å². The van der Waals surface area contributed by atoms with Gasteiger partial charge in [-0.3, -0.25) is 20.1 Å². The third kappa shape index (κ3) is 3.48. The highest BCUT2D eigenvalue weighted by Gasteiger charge is 2.49. The van der Waals surface area contributed by atoms with Crippen molar-refractivity contribution in [2.75, 3.05) is 24.6 Å². The van der Waals surface area contributed by atoms with Gasteiger partial charge in [-0.1, -0.05) is 6.07 Å². The molecule has 0 saturated carbocycles. The second kappa shape index (κ2) is 6.88. The van der Waals surface area contributed by atoms with E-state index in [0.29, 0.717) is 19.6 Å². The van der Waals surface area contributed by atoms with Gasteiger partial charge in [0.05, 0.1) is 23.2 Å². The summed E-state index contributed by atoms with van der Waals surface area (Å²) in [5.41, 5.74) is 7.04. The van der Waals surface area contributed by atoms with Crippen molar-refractivity contribution in [3.05, 3.63) is 30.1 Å². The van der Waals surface area contributed by atoms with Crippen LogP contribution in [0.3, 0.4) is 0 Å². The Balaban J connectivity index is 1.53. The Morgan fingerprint density at radius 1 is 1.23 bits per heavy atom. The van der Waals surface area contributed by atoms with Gasteiger partial charge in [0.2, 0.25) is 5.91 Å². The number of rotatable bonds is 3. The Bertz CT molecular complexity index is 772. The second-order valence-corrected chi connectivity index (χ2v) is 9.67. The van der Waals surface area contributed by atoms with Crippen LogP contribution in [0, 0.1) is 0 Å². The average Bonchev–Trinajstić information content (AvgIpc) is 3.18. The first-order chi connectivity index (χ1) is 12.4. The third-order valence-corrected chi connectivity index (χ3v) is 7.26. The third-order valence-electron chi connectivity index (χ3n) is 5.56. The molecule has 3 saturated heterocycles. The van der Waals surface area contributed by atoms with E-state index >= 15 is 0 Å². The minimum absolute atomic E-state index is 0.00596. The maximum atomic E-state index is 13.0. The van der Waals surface area contributed by atoms with Crippen LogP contribution in [0.4, 0.5) is 0 Å². The minimum Gasteiger partial charge on any atom is -0.334 e. The Morgan fingerprint density at radius 2 is 2.04 bits per heavy atom. The molecule has 3 aliphatic rings. The summed E-state index contributed by atoms with van der Waals surface area (Å²) in [6.45, 7) is 3.84. The van der Waals surface area contributed by atoms with Gasteiger partial charge in [0, 0.05) is 37.9 Å². The Morgan fingerprint density at radius 3 is 2.73 bits per heavy atom. The van der Waals surface area contributed by atoms with Crippen molar-refractivity contribution >= 4 is 15.7 Å². The summed E-state index contributed by atoms with van der Waals surface area (Å²) in [5.74, 6) is 0.171. The van der Waals surface area contributed by atoms with E-state index in [1.807, 2.05) is 25.1 Å². The van der Waals surface area contributed by atoms with Crippen LogP contribution in [-0.2, 0) is 21.2 Å². The molecule has 2 unspecified atom stereocenters. The molecule has 4 atom stereocenters. The number of nitrogens with zero attached hydrogens (tertiary/aromatic N) is 3. The first kappa shape index (κ1) is 17.8. The van der Waals surface area contributed by atoms with E-state index in [4.69, 9.17) is 0 Å². The molecule has 142 valence electrons. The van der Waals surface area contributed by atoms with Gasteiger partial charge in [-0.25, -0.2) is 13.8 Å². The van der Waals surface area contributed by atoms with Crippen molar-refractivity contribution in [2.45, 2.75) is 44.1 Å². The van der Waals surface area contributed by atoms with Crippen LogP contribution in [0.15, 0.2) is 24.4 Å². The topological polar surface area (TPSA) is 94.6 Å². The molecule has 0 bridgehead atoms. The van der Waals surface area contributed by atoms with Crippen molar-refractivity contribution in [1.29, 1.82) is 0 Å². The van der Waals surface area contributed by atoms with Crippen LogP contribution in [-0.4, -0.2) is 77.9 Å². The van der Waals surface area contributed by atoms with Gasteiger partial charge in [-0.2, -0.15) is 0 Å². The average molecular weight is 379 g/mol. The van der Waals surface area contributed by atoms with E-state index in [0.717, 1.165) is 12.1 Å². The quantitative estimate of drug-likeness (QED) is 0.706. The van der Waals surface area contributed by atoms with Gasteiger partial charge < -0.3 is 4.90 Å². The van der Waals surface area contributed by atoms with Crippen LogP contribution >= 0.6 is 0 Å². The summed E-state index contributed by atoms with van der Waals surface area (Å²) in [6, 6.07) is 5.27. The van der Waals surface area contributed by atoms with E-state index in [1.54, 1.807) is 11.1 Å². The molecule has 1 amide bonds. The predicted octanol–water partition coefficient (Wildman–Crippen LogP) is -0.854. The van der Waals surface area contributed by atoms with Gasteiger partial charge in [0.15, 0.2) is 9.84 Å². The molecular weight excluding hydrogens is 354 g/mol. The predicted molar refractivity (Wildman–Crippen MR) is 96.7 cm³/mol. The molecule has 2 N–H and O–H groups in total. The maximum Gasteiger partial charge on any atom is 0.241 e. The lowest BCUT2D eigenvalue weighted by atomic mass is 10.0. The fourth-order valence-corrected chi connectivity index (χ4v) is 6.28. The molecule has 0 aliphatic carbocycles. The van der Waals surface area contributed by atoms with Crippen LogP contribution < -0.4 is 10.9 Å². The fraction of sp³-hybridized carbons (Fsp3) is 0.647. The highest BCUT2D eigenvalue weighted by molar-refractivity contribution is 7.91. The Kier molecular flexibility index (Phi) is 4.72. The molecule has 3 aliphatic heterocycles. The summed E-state index contributed by atoms with van der Waals surface area (Å²) in [6.07, 6.45) is 2.47. The summed E-state index contributed by atoms with van der Waals surface area (Å²) < 4.78 is 24.7. The second-order valence-electron chi connectivity index (χ2n) is 7.51. The van der Waals surface area contributed by atoms with E-state index in [1.165, 1.54) is 0 Å². The molecule has 26 heavy (non-hydrogen) atoms. The molecule has 0 radical (unpaired) electrons. The number of carbonyl (C=O) groups excluding carboxylic acids is 1. The number of nitrogens with one attached hydrogen (secondary N) is 2. The van der Waals surface area contributed by atoms with Gasteiger partial charge in [0.1, 0.15) is 6.04 Å². The lowest BCUT2D eigenvalue weighted by molar-refractivity contribution is -0.139. The van der Waals surface area contributed by atoms with Crippen molar-refractivity contribution in [3.63, 3.8) is 0 Å². The highest BCUT2D eigenvalue weighted by Crippen LogP contribution is 2.29. The zero-order chi connectivity index (χ0) is 18.3. The first-order valence-corrected chi connectivity index (χ1v) is 10.9. The summed E-state index contributed by atoms with van der Waals surface area (Å²) in [7, 11) is -3.15. The number of sulfone groups is 1. The largest absolute Gasteiger partial charge is 0.334 e. The van der Waals surface area contributed by atoms with Crippen LogP contribution in [0.2, 0.25) is 0 Å². The molecule has 1 aromatic heterocycles. The summed E-state index contributed by atoms with van der Waals surface area (Å²) >= 11 is 0. The molecule has 0 aromatic carbocycles. The maximum absolute atomic E-state index is 13.0. The summed E-state index contributed by atoms with van der Waals surface area (Å²) in [5, 5.41) is 0. The zero-order valence-corrected chi connectivity index (χ0v) is 15.7.